The maximum Gasteiger partial charge on any atom is 0.224 e. The second kappa shape index (κ2) is 6.71. The van der Waals surface area contributed by atoms with Crippen LogP contribution in [0.5, 0.6) is 0 Å². The maximum absolute atomic E-state index is 12.1. The zero-order chi connectivity index (χ0) is 14.5. The first kappa shape index (κ1) is 15.7. The Morgan fingerprint density at radius 1 is 1.37 bits per heavy atom. The Kier molecular flexibility index (Phi) is 5.55. The van der Waals surface area contributed by atoms with Crippen LogP contribution in [0.2, 0.25) is 0 Å². The number of rotatable bonds is 6. The van der Waals surface area contributed by atoms with Crippen LogP contribution in [0.1, 0.15) is 43.4 Å². The standard InChI is InChI=1S/C16H25NO2/c1-5-16(4,8-9-18)17-15(19)11-14-10-12(2)6-7-13(14)3/h6-7,10,18H,5,8-9,11H2,1-4H3,(H,17,19). The van der Waals surface area contributed by atoms with Crippen LogP contribution in [0.15, 0.2) is 18.2 Å². The number of benzene rings is 1. The van der Waals surface area contributed by atoms with Crippen LogP contribution in [-0.2, 0) is 11.2 Å². The summed E-state index contributed by atoms with van der Waals surface area (Å²) >= 11 is 0. The highest BCUT2D eigenvalue weighted by Gasteiger charge is 2.23. The minimum absolute atomic E-state index is 0.0199. The van der Waals surface area contributed by atoms with E-state index in [9.17, 15) is 4.79 Å². The number of carbonyl (C=O) groups is 1. The molecule has 1 aromatic rings. The van der Waals surface area contributed by atoms with Gasteiger partial charge < -0.3 is 10.4 Å². The van der Waals surface area contributed by atoms with Gasteiger partial charge in [0, 0.05) is 12.1 Å². The third kappa shape index (κ3) is 4.67. The van der Waals surface area contributed by atoms with Gasteiger partial charge in [0.05, 0.1) is 6.42 Å². The van der Waals surface area contributed by atoms with Crippen LogP contribution in [-0.4, -0.2) is 23.2 Å². The van der Waals surface area contributed by atoms with E-state index < -0.39 is 0 Å². The average molecular weight is 263 g/mol. The predicted octanol–water partition coefficient (Wildman–Crippen LogP) is 2.51. The second-order valence-corrected chi connectivity index (χ2v) is 5.54. The van der Waals surface area contributed by atoms with Crippen molar-refractivity contribution < 1.29 is 9.90 Å². The van der Waals surface area contributed by atoms with Gasteiger partial charge in [-0.3, -0.25) is 4.79 Å². The monoisotopic (exact) mass is 263 g/mol. The average Bonchev–Trinajstić information content (AvgIpc) is 2.34. The molecule has 0 spiro atoms. The molecule has 3 nitrogen and oxygen atoms in total. The molecule has 0 aliphatic rings. The lowest BCUT2D eigenvalue weighted by atomic mass is 9.94. The van der Waals surface area contributed by atoms with Crippen molar-refractivity contribution in [2.75, 3.05) is 6.61 Å². The minimum Gasteiger partial charge on any atom is -0.396 e. The summed E-state index contributed by atoms with van der Waals surface area (Å²) in [4.78, 5) is 12.1. The molecule has 0 fully saturated rings. The number of amides is 1. The molecule has 0 heterocycles. The molecule has 1 amide bonds. The first-order valence-corrected chi connectivity index (χ1v) is 6.88. The zero-order valence-electron chi connectivity index (χ0n) is 12.4. The predicted molar refractivity (Wildman–Crippen MR) is 78.2 cm³/mol. The van der Waals surface area contributed by atoms with Crippen LogP contribution < -0.4 is 5.32 Å². The number of aliphatic hydroxyl groups is 1. The van der Waals surface area contributed by atoms with Crippen LogP contribution in [0.4, 0.5) is 0 Å². The first-order valence-electron chi connectivity index (χ1n) is 6.88. The summed E-state index contributed by atoms with van der Waals surface area (Å²) in [6, 6.07) is 6.16. The molecular weight excluding hydrogens is 238 g/mol. The molecule has 19 heavy (non-hydrogen) atoms. The van der Waals surface area contributed by atoms with Gasteiger partial charge in [0.1, 0.15) is 0 Å². The molecule has 0 saturated heterocycles. The van der Waals surface area contributed by atoms with Crippen molar-refractivity contribution in [1.29, 1.82) is 0 Å². The zero-order valence-corrected chi connectivity index (χ0v) is 12.4. The Balaban J connectivity index is 2.72. The van der Waals surface area contributed by atoms with Gasteiger partial charge in [0.15, 0.2) is 0 Å². The molecule has 1 unspecified atom stereocenters. The van der Waals surface area contributed by atoms with Crippen LogP contribution >= 0.6 is 0 Å². The fraction of sp³-hybridized carbons (Fsp3) is 0.562. The number of aliphatic hydroxyl groups excluding tert-OH is 1. The van der Waals surface area contributed by atoms with Crippen molar-refractivity contribution in [2.24, 2.45) is 0 Å². The molecule has 0 aliphatic carbocycles. The lowest BCUT2D eigenvalue weighted by molar-refractivity contribution is -0.122. The Morgan fingerprint density at radius 2 is 2.05 bits per heavy atom. The first-order chi connectivity index (χ1) is 8.90. The summed E-state index contributed by atoms with van der Waals surface area (Å²) < 4.78 is 0. The minimum atomic E-state index is -0.316. The summed E-state index contributed by atoms with van der Waals surface area (Å²) in [7, 11) is 0. The van der Waals surface area contributed by atoms with Gasteiger partial charge in [0.2, 0.25) is 5.91 Å². The molecule has 1 rings (SSSR count). The maximum atomic E-state index is 12.1. The Hall–Kier alpha value is -1.35. The highest BCUT2D eigenvalue weighted by Crippen LogP contribution is 2.16. The SMILES string of the molecule is CCC(C)(CCO)NC(=O)Cc1cc(C)ccc1C. The molecule has 0 aromatic heterocycles. The number of carbonyl (C=O) groups excluding carboxylic acids is 1. The van der Waals surface area contributed by atoms with E-state index in [1.807, 2.05) is 33.8 Å². The summed E-state index contributed by atoms with van der Waals surface area (Å²) in [5, 5.41) is 12.1. The van der Waals surface area contributed by atoms with Crippen molar-refractivity contribution in [3.05, 3.63) is 34.9 Å². The van der Waals surface area contributed by atoms with E-state index in [1.54, 1.807) is 0 Å². The van der Waals surface area contributed by atoms with Gasteiger partial charge in [-0.05, 0) is 44.7 Å². The van der Waals surface area contributed by atoms with Gasteiger partial charge in [0.25, 0.3) is 0 Å². The van der Waals surface area contributed by atoms with E-state index in [0.29, 0.717) is 12.8 Å². The summed E-state index contributed by atoms with van der Waals surface area (Å²) in [5.41, 5.74) is 3.06. The normalized spacial score (nSPS) is 13.9. The third-order valence-electron chi connectivity index (χ3n) is 3.74. The number of aryl methyl sites for hydroxylation is 2. The number of nitrogens with one attached hydrogen (secondary N) is 1. The van der Waals surface area contributed by atoms with Crippen LogP contribution in [0.25, 0.3) is 0 Å². The Morgan fingerprint density at radius 3 is 2.63 bits per heavy atom. The van der Waals surface area contributed by atoms with Crippen molar-refractivity contribution >= 4 is 5.91 Å². The van der Waals surface area contributed by atoms with Gasteiger partial charge in [-0.2, -0.15) is 0 Å². The fourth-order valence-electron chi connectivity index (χ4n) is 2.12. The second-order valence-electron chi connectivity index (χ2n) is 5.54. The molecule has 2 N–H and O–H groups in total. The molecule has 3 heteroatoms. The largest absolute Gasteiger partial charge is 0.396 e. The van der Waals surface area contributed by atoms with Crippen molar-refractivity contribution in [3.8, 4) is 0 Å². The van der Waals surface area contributed by atoms with Crippen molar-refractivity contribution in [3.63, 3.8) is 0 Å². The lowest BCUT2D eigenvalue weighted by Crippen LogP contribution is -2.46. The third-order valence-corrected chi connectivity index (χ3v) is 3.74. The Bertz CT molecular complexity index is 442. The molecule has 0 saturated carbocycles. The lowest BCUT2D eigenvalue weighted by Gasteiger charge is -2.29. The summed E-state index contributed by atoms with van der Waals surface area (Å²) in [6.07, 6.45) is 1.79. The van der Waals surface area contributed by atoms with E-state index in [0.717, 1.165) is 17.5 Å². The molecule has 0 aliphatic heterocycles. The van der Waals surface area contributed by atoms with E-state index >= 15 is 0 Å². The van der Waals surface area contributed by atoms with Crippen LogP contribution in [0, 0.1) is 13.8 Å². The molecule has 106 valence electrons. The Labute approximate surface area is 116 Å². The van der Waals surface area contributed by atoms with Gasteiger partial charge in [-0.1, -0.05) is 30.7 Å². The summed E-state index contributed by atoms with van der Waals surface area (Å²) in [5.74, 6) is 0.0199. The van der Waals surface area contributed by atoms with Gasteiger partial charge in [-0.15, -0.1) is 0 Å². The van der Waals surface area contributed by atoms with Crippen LogP contribution in [0.3, 0.4) is 0 Å². The van der Waals surface area contributed by atoms with Gasteiger partial charge >= 0.3 is 0 Å². The highest BCUT2D eigenvalue weighted by atomic mass is 16.3. The molecule has 1 aromatic carbocycles. The van der Waals surface area contributed by atoms with Crippen molar-refractivity contribution in [2.45, 2.75) is 52.5 Å². The van der Waals surface area contributed by atoms with Gasteiger partial charge in [-0.25, -0.2) is 0 Å². The smallest absolute Gasteiger partial charge is 0.224 e. The molecule has 0 bridgehead atoms. The quantitative estimate of drug-likeness (QED) is 0.828. The molecule has 0 radical (unpaired) electrons. The topological polar surface area (TPSA) is 49.3 Å². The van der Waals surface area contributed by atoms with E-state index in [2.05, 4.69) is 17.4 Å². The molecular formula is C16H25NO2. The van der Waals surface area contributed by atoms with E-state index in [1.165, 1.54) is 5.56 Å². The summed E-state index contributed by atoms with van der Waals surface area (Å²) in [6.45, 7) is 8.14. The number of hydrogen-bond acceptors (Lipinski definition) is 2. The number of hydrogen-bond donors (Lipinski definition) is 2. The fourth-order valence-corrected chi connectivity index (χ4v) is 2.12. The van der Waals surface area contributed by atoms with Crippen molar-refractivity contribution in [1.82, 2.24) is 5.32 Å². The van der Waals surface area contributed by atoms with E-state index in [-0.39, 0.29) is 18.1 Å². The molecule has 1 atom stereocenters. The van der Waals surface area contributed by atoms with E-state index in [4.69, 9.17) is 5.11 Å². The highest BCUT2D eigenvalue weighted by molar-refractivity contribution is 5.79.